The number of aliphatic hydroxyl groups is 1. The highest BCUT2D eigenvalue weighted by atomic mass is 16.3. The fourth-order valence-corrected chi connectivity index (χ4v) is 4.32. The second-order valence-electron chi connectivity index (χ2n) is 6.92. The average Bonchev–Trinajstić information content (AvgIpc) is 2.53. The highest BCUT2D eigenvalue weighted by molar-refractivity contribution is 5.82. The van der Waals surface area contributed by atoms with Gasteiger partial charge in [0.2, 0.25) is 5.91 Å². The summed E-state index contributed by atoms with van der Waals surface area (Å²) in [5.41, 5.74) is 0. The molecule has 0 spiro atoms. The molecule has 114 valence electrons. The number of carbonyl (C=O) groups is 1. The first-order chi connectivity index (χ1) is 9.78. The zero-order valence-electron chi connectivity index (χ0n) is 12.4. The van der Waals surface area contributed by atoms with E-state index in [1.54, 1.807) is 0 Å². The third-order valence-electron chi connectivity index (χ3n) is 5.54. The van der Waals surface area contributed by atoms with Gasteiger partial charge in [-0.15, -0.1) is 0 Å². The molecule has 3 rings (SSSR count). The van der Waals surface area contributed by atoms with Gasteiger partial charge in [-0.1, -0.05) is 12.8 Å². The summed E-state index contributed by atoms with van der Waals surface area (Å²) in [6, 6.07) is 0.608. The molecule has 2 heterocycles. The Kier molecular flexibility index (Phi) is 4.61. The van der Waals surface area contributed by atoms with Crippen LogP contribution in [0.5, 0.6) is 0 Å². The van der Waals surface area contributed by atoms with Crippen molar-refractivity contribution < 1.29 is 9.90 Å². The lowest BCUT2D eigenvalue weighted by molar-refractivity contribution is -0.137. The maximum Gasteiger partial charge on any atom is 0.239 e. The molecule has 2 saturated heterocycles. The van der Waals surface area contributed by atoms with Gasteiger partial charge >= 0.3 is 0 Å². The lowest BCUT2D eigenvalue weighted by Gasteiger charge is -2.42. The molecule has 20 heavy (non-hydrogen) atoms. The number of carbonyl (C=O) groups excluding carboxylic acids is 1. The highest BCUT2D eigenvalue weighted by Crippen LogP contribution is 2.32. The van der Waals surface area contributed by atoms with Crippen LogP contribution in [-0.4, -0.2) is 47.7 Å². The Hall–Kier alpha value is -0.610. The largest absolute Gasteiger partial charge is 0.396 e. The van der Waals surface area contributed by atoms with Crippen molar-refractivity contribution in [2.24, 2.45) is 11.8 Å². The van der Waals surface area contributed by atoms with E-state index < -0.39 is 0 Å². The van der Waals surface area contributed by atoms with Crippen LogP contribution in [0.2, 0.25) is 0 Å². The molecule has 1 aliphatic carbocycles. The Labute approximate surface area is 121 Å². The smallest absolute Gasteiger partial charge is 0.239 e. The molecule has 0 aromatic heterocycles. The summed E-state index contributed by atoms with van der Waals surface area (Å²) >= 11 is 0. The van der Waals surface area contributed by atoms with Crippen molar-refractivity contribution in [3.05, 3.63) is 0 Å². The molecule has 2 aliphatic heterocycles. The van der Waals surface area contributed by atoms with E-state index in [2.05, 4.69) is 5.32 Å². The van der Waals surface area contributed by atoms with Crippen molar-refractivity contribution in [3.63, 3.8) is 0 Å². The molecule has 0 aromatic rings. The Bertz CT molecular complexity index is 347. The quantitative estimate of drug-likeness (QED) is 0.806. The van der Waals surface area contributed by atoms with Gasteiger partial charge in [-0.3, -0.25) is 4.79 Å². The number of hydrogen-bond acceptors (Lipinski definition) is 3. The summed E-state index contributed by atoms with van der Waals surface area (Å²) < 4.78 is 0. The van der Waals surface area contributed by atoms with Crippen molar-refractivity contribution in [1.29, 1.82) is 0 Å². The van der Waals surface area contributed by atoms with Crippen LogP contribution in [0.4, 0.5) is 0 Å². The number of likely N-dealkylation sites (tertiary alicyclic amines) is 1. The number of hydrogen-bond donors (Lipinski definition) is 2. The standard InChI is InChI=1S/C16H28N2O2/c19-11-12-4-3-9-18(10-12)16(20)15-8-7-13-5-1-2-6-14(13)17-15/h12-15,17,19H,1-11H2. The second kappa shape index (κ2) is 6.44. The molecule has 0 radical (unpaired) electrons. The summed E-state index contributed by atoms with van der Waals surface area (Å²) in [5.74, 6) is 1.38. The average molecular weight is 280 g/mol. The number of piperidine rings is 2. The molecule has 1 amide bonds. The number of aliphatic hydroxyl groups excluding tert-OH is 1. The molecule has 3 fully saturated rings. The van der Waals surface area contributed by atoms with Crippen molar-refractivity contribution in [2.75, 3.05) is 19.7 Å². The second-order valence-corrected chi connectivity index (χ2v) is 6.92. The highest BCUT2D eigenvalue weighted by Gasteiger charge is 2.36. The van der Waals surface area contributed by atoms with Crippen LogP contribution < -0.4 is 5.32 Å². The fraction of sp³-hybridized carbons (Fsp3) is 0.938. The number of amides is 1. The molecule has 0 aromatic carbocycles. The summed E-state index contributed by atoms with van der Waals surface area (Å²) in [4.78, 5) is 14.7. The fourth-order valence-electron chi connectivity index (χ4n) is 4.32. The van der Waals surface area contributed by atoms with Crippen molar-refractivity contribution in [1.82, 2.24) is 10.2 Å². The van der Waals surface area contributed by atoms with Crippen LogP contribution in [0.15, 0.2) is 0 Å². The maximum absolute atomic E-state index is 12.7. The summed E-state index contributed by atoms with van der Waals surface area (Å²) in [6.45, 7) is 1.84. The van der Waals surface area contributed by atoms with Crippen molar-refractivity contribution in [2.45, 2.75) is 63.5 Å². The zero-order valence-corrected chi connectivity index (χ0v) is 12.4. The van der Waals surface area contributed by atoms with Crippen LogP contribution in [0.25, 0.3) is 0 Å². The lowest BCUT2D eigenvalue weighted by Crippen LogP contribution is -2.57. The minimum absolute atomic E-state index is 0.0341. The van der Waals surface area contributed by atoms with E-state index in [0.717, 1.165) is 38.3 Å². The van der Waals surface area contributed by atoms with Gasteiger partial charge in [-0.2, -0.15) is 0 Å². The number of fused-ring (bicyclic) bond motifs is 1. The number of rotatable bonds is 2. The van der Waals surface area contributed by atoms with Crippen LogP contribution in [0.3, 0.4) is 0 Å². The lowest BCUT2D eigenvalue weighted by atomic mass is 9.77. The van der Waals surface area contributed by atoms with Crippen molar-refractivity contribution in [3.8, 4) is 0 Å². The third-order valence-corrected chi connectivity index (χ3v) is 5.54. The van der Waals surface area contributed by atoms with E-state index in [1.807, 2.05) is 4.90 Å². The molecule has 4 nitrogen and oxygen atoms in total. The predicted molar refractivity (Wildman–Crippen MR) is 78.3 cm³/mol. The first-order valence-electron chi connectivity index (χ1n) is 8.43. The van der Waals surface area contributed by atoms with E-state index >= 15 is 0 Å². The van der Waals surface area contributed by atoms with Crippen LogP contribution in [-0.2, 0) is 4.79 Å². The van der Waals surface area contributed by atoms with Gasteiger partial charge in [-0.25, -0.2) is 0 Å². The van der Waals surface area contributed by atoms with E-state index in [9.17, 15) is 9.90 Å². The van der Waals surface area contributed by atoms with Crippen LogP contribution in [0, 0.1) is 11.8 Å². The number of nitrogens with one attached hydrogen (secondary N) is 1. The van der Waals surface area contributed by atoms with Gasteiger partial charge in [0.1, 0.15) is 0 Å². The normalized spacial score (nSPS) is 38.4. The molecular formula is C16H28N2O2. The first-order valence-corrected chi connectivity index (χ1v) is 8.43. The number of nitrogens with zero attached hydrogens (tertiary/aromatic N) is 1. The van der Waals surface area contributed by atoms with Gasteiger partial charge in [0.15, 0.2) is 0 Å². The van der Waals surface area contributed by atoms with E-state index in [4.69, 9.17) is 0 Å². The molecule has 1 saturated carbocycles. The third kappa shape index (κ3) is 3.01. The topological polar surface area (TPSA) is 52.6 Å². The monoisotopic (exact) mass is 280 g/mol. The van der Waals surface area contributed by atoms with Gasteiger partial charge in [0.05, 0.1) is 6.04 Å². The molecule has 0 bridgehead atoms. The maximum atomic E-state index is 12.7. The van der Waals surface area contributed by atoms with Gasteiger partial charge < -0.3 is 15.3 Å². The van der Waals surface area contributed by atoms with Gasteiger partial charge in [0.25, 0.3) is 0 Å². The summed E-state index contributed by atoms with van der Waals surface area (Å²) in [7, 11) is 0. The van der Waals surface area contributed by atoms with Crippen LogP contribution >= 0.6 is 0 Å². The zero-order chi connectivity index (χ0) is 13.9. The molecule has 4 atom stereocenters. The minimum atomic E-state index is 0.0341. The molecular weight excluding hydrogens is 252 g/mol. The Balaban J connectivity index is 1.57. The van der Waals surface area contributed by atoms with Crippen LogP contribution in [0.1, 0.15) is 51.4 Å². The molecule has 3 aliphatic rings. The first kappa shape index (κ1) is 14.3. The SMILES string of the molecule is O=C(C1CCC2CCCCC2N1)N1CCCC(CO)C1. The van der Waals surface area contributed by atoms with Gasteiger partial charge in [-0.05, 0) is 50.4 Å². The van der Waals surface area contributed by atoms with E-state index in [0.29, 0.717) is 12.0 Å². The molecule has 4 unspecified atom stereocenters. The van der Waals surface area contributed by atoms with E-state index in [1.165, 1.54) is 32.1 Å². The Morgan fingerprint density at radius 3 is 2.80 bits per heavy atom. The summed E-state index contributed by atoms with van der Waals surface area (Å²) in [6.07, 6.45) is 9.57. The predicted octanol–water partition coefficient (Wildman–Crippen LogP) is 1.53. The van der Waals surface area contributed by atoms with E-state index in [-0.39, 0.29) is 18.6 Å². The molecule has 2 N–H and O–H groups in total. The Morgan fingerprint density at radius 1 is 1.10 bits per heavy atom. The minimum Gasteiger partial charge on any atom is -0.396 e. The summed E-state index contributed by atoms with van der Waals surface area (Å²) in [5, 5.41) is 12.9. The Morgan fingerprint density at radius 2 is 1.95 bits per heavy atom. The molecule has 4 heteroatoms. The van der Waals surface area contributed by atoms with Gasteiger partial charge in [0, 0.05) is 25.7 Å². The van der Waals surface area contributed by atoms with Crippen molar-refractivity contribution >= 4 is 5.91 Å².